The molecule has 0 heterocycles. The molecule has 0 amide bonds. The molecule has 3 aliphatic rings. The van der Waals surface area contributed by atoms with Gasteiger partial charge in [0.25, 0.3) is 0 Å². The maximum Gasteiger partial charge on any atom is 0.306 e. The summed E-state index contributed by atoms with van der Waals surface area (Å²) in [6, 6.07) is 0. The molecule has 2 bridgehead atoms. The van der Waals surface area contributed by atoms with Crippen LogP contribution in [0.5, 0.6) is 0 Å². The lowest BCUT2D eigenvalue weighted by atomic mass is 9.72. The van der Waals surface area contributed by atoms with Gasteiger partial charge in [0.2, 0.25) is 0 Å². The molecule has 12 nitrogen and oxygen atoms in total. The van der Waals surface area contributed by atoms with Gasteiger partial charge in [0, 0.05) is 38.9 Å². The van der Waals surface area contributed by atoms with Crippen LogP contribution in [0.3, 0.4) is 0 Å². The lowest BCUT2D eigenvalue weighted by molar-refractivity contribution is -0.178. The number of hydrogen-bond donors (Lipinski definition) is 6. The quantitative estimate of drug-likeness (QED) is 0.0808. The predicted molar refractivity (Wildman–Crippen MR) is 260 cm³/mol. The molecule has 0 aliphatic heterocycles. The number of aliphatic carboxylic acids is 1. The van der Waals surface area contributed by atoms with Crippen LogP contribution in [0, 0.1) is 53.3 Å². The van der Waals surface area contributed by atoms with Crippen LogP contribution in [0.25, 0.3) is 0 Å². The average Bonchev–Trinajstić information content (AvgIpc) is 3.49. The second kappa shape index (κ2) is 28.6. The number of aliphatic hydroxyl groups excluding tert-OH is 3. The van der Waals surface area contributed by atoms with Gasteiger partial charge in [-0.05, 0) is 138 Å². The van der Waals surface area contributed by atoms with Crippen molar-refractivity contribution in [2.24, 2.45) is 53.3 Å². The highest BCUT2D eigenvalue weighted by molar-refractivity contribution is 5.93. The van der Waals surface area contributed by atoms with Gasteiger partial charge < -0.3 is 39.8 Å². The maximum atomic E-state index is 14.1. The van der Waals surface area contributed by atoms with E-state index in [4.69, 9.17) is 14.3 Å². The van der Waals surface area contributed by atoms with Crippen molar-refractivity contribution in [2.45, 2.75) is 187 Å². The zero-order valence-corrected chi connectivity index (χ0v) is 42.1. The number of Topliss-reactive ketones (excluding diaryl/α,β-unsaturated/α-hetero) is 1. The minimum atomic E-state index is -1.68. The third-order valence-electron chi connectivity index (χ3n) is 15.5. The van der Waals surface area contributed by atoms with E-state index in [1.807, 2.05) is 58.1 Å². The molecule has 0 radical (unpaired) electrons. The fourth-order valence-corrected chi connectivity index (χ4v) is 10.9. The number of ketones is 2. The molecular weight excluding hydrogens is 839 g/mol. The van der Waals surface area contributed by atoms with Crippen molar-refractivity contribution in [3.63, 3.8) is 0 Å². The third kappa shape index (κ3) is 17.9. The second-order valence-electron chi connectivity index (χ2n) is 20.7. The first-order valence-electron chi connectivity index (χ1n) is 25.0. The number of ether oxygens (including phenoxy) is 2. The number of nitrogens with one attached hydrogen (secondary N) is 1. The number of methoxy groups -OCH3 is 2. The van der Waals surface area contributed by atoms with Crippen LogP contribution in [0.4, 0.5) is 0 Å². The smallest absolute Gasteiger partial charge is 0.306 e. The van der Waals surface area contributed by atoms with E-state index in [0.717, 1.165) is 49.7 Å². The molecule has 66 heavy (non-hydrogen) atoms. The third-order valence-corrected chi connectivity index (χ3v) is 15.5. The van der Waals surface area contributed by atoms with Crippen molar-refractivity contribution in [3.8, 4) is 0 Å². The molecule has 0 saturated heterocycles. The molecule has 10 unspecified atom stereocenters. The Morgan fingerprint density at radius 1 is 0.803 bits per heavy atom. The molecule has 6 N–H and O–H groups in total. The fourth-order valence-electron chi connectivity index (χ4n) is 10.9. The molecule has 376 valence electrons. The number of allylic oxidation sites excluding steroid dienone is 8. The van der Waals surface area contributed by atoms with Crippen molar-refractivity contribution in [1.29, 1.82) is 0 Å². The normalized spacial score (nSPS) is 41.0. The number of aliphatic hydroxyl groups is 4. The molecule has 3 aliphatic carbocycles. The number of hydrogen-bond acceptors (Lipinski definition) is 11. The zero-order chi connectivity index (χ0) is 49.1. The second-order valence-corrected chi connectivity index (χ2v) is 20.7. The van der Waals surface area contributed by atoms with Gasteiger partial charge in [-0.2, -0.15) is 5.48 Å². The van der Waals surface area contributed by atoms with Crippen LogP contribution in [0.2, 0.25) is 0 Å². The summed E-state index contributed by atoms with van der Waals surface area (Å²) in [7, 11) is 4.74. The van der Waals surface area contributed by atoms with Crippen molar-refractivity contribution in [2.75, 3.05) is 21.3 Å². The minimum Gasteiger partial charge on any atom is -0.481 e. The van der Waals surface area contributed by atoms with Crippen molar-refractivity contribution >= 4 is 17.5 Å². The Morgan fingerprint density at radius 3 is 2.18 bits per heavy atom. The topological polar surface area (TPSA) is 192 Å². The number of fused-ring (bicyclic) bond motifs is 3. The van der Waals surface area contributed by atoms with Gasteiger partial charge in [0.1, 0.15) is 11.5 Å². The standard InChI is InChI=1S/C54H89NO11/c1-34-16-12-11-13-17-35(2)51(64-8)19-15-14-18-39(6)54(63,55-66-10)40(7)50(60)30-41-20-22-44(32-45(29-41)53(61)62)43(28-42-21-24-47(57)52(31-42)65-9)23-25-46(56)37(4)27-38(5)49(59)33-48(58)36(3)26-34/h11-13,16-17,27,30,34,36-37,39-40,42-45,47-49,51-52,55,57-59,63H,14-15,18-26,28-29,31-33H2,1-10H3,(H,61,62)/b13-11+,16-12+,35-17+,38-27+,41-30+/t34-,36?,37-,39?,40?,42?,43?,44+,45?,47-,48?,49?,51+,52?,54?/m1/s1. The summed E-state index contributed by atoms with van der Waals surface area (Å²) in [5, 5.41) is 55.5. The van der Waals surface area contributed by atoms with E-state index in [9.17, 15) is 39.9 Å². The Hall–Kier alpha value is -2.81. The molecule has 3 rings (SSSR count). The van der Waals surface area contributed by atoms with Crippen molar-refractivity contribution in [1.82, 2.24) is 5.48 Å². The molecule has 0 spiro atoms. The van der Waals surface area contributed by atoms with Crippen LogP contribution in [-0.2, 0) is 28.7 Å². The minimum absolute atomic E-state index is 0.0182. The van der Waals surface area contributed by atoms with Crippen LogP contribution < -0.4 is 5.48 Å². The number of hydroxylamine groups is 1. The number of carboxylic acid groups (broad SMARTS) is 1. The summed E-state index contributed by atoms with van der Waals surface area (Å²) in [4.78, 5) is 46.1. The number of carboxylic acids is 1. The van der Waals surface area contributed by atoms with E-state index in [2.05, 4.69) is 18.5 Å². The number of rotatable bonds is 7. The predicted octanol–water partition coefficient (Wildman–Crippen LogP) is 9.02. The number of carbonyl (C=O) groups is 3. The summed E-state index contributed by atoms with van der Waals surface area (Å²) >= 11 is 0. The van der Waals surface area contributed by atoms with E-state index < -0.39 is 47.8 Å². The molecule has 2 fully saturated rings. The van der Waals surface area contributed by atoms with Crippen LogP contribution >= 0.6 is 0 Å². The fraction of sp³-hybridized carbons (Fsp3) is 0.759. The van der Waals surface area contributed by atoms with Crippen molar-refractivity contribution < 1.29 is 54.2 Å². The van der Waals surface area contributed by atoms with Crippen LogP contribution in [-0.4, -0.2) is 101 Å². The van der Waals surface area contributed by atoms with E-state index in [-0.39, 0.29) is 78.5 Å². The SMILES string of the molecule is CONC1(O)C(C)CCCC[C@H](OC)/C(C)=C/C=C/C=C/[C@@H](C)CC(C)C(O)CC(O)/C(C)=C/[C@@H](C)C(=O)CCC(CC2CC[C@@H](O)C(OC)C2)[C@H]2CC/C(=C\C(=O)C1C)CC(C(=O)O)C2. The van der Waals surface area contributed by atoms with Gasteiger partial charge in [-0.15, -0.1) is 0 Å². The molecule has 2 saturated carbocycles. The monoisotopic (exact) mass is 928 g/mol. The van der Waals surface area contributed by atoms with E-state index in [1.54, 1.807) is 34.1 Å². The summed E-state index contributed by atoms with van der Waals surface area (Å²) in [6.45, 7) is 13.4. The Balaban J connectivity index is 1.97. The van der Waals surface area contributed by atoms with Gasteiger partial charge in [0.15, 0.2) is 5.78 Å². The Bertz CT molecular complexity index is 1670. The van der Waals surface area contributed by atoms with Crippen LogP contribution in [0.1, 0.15) is 151 Å². The van der Waals surface area contributed by atoms with Gasteiger partial charge in [0.05, 0.1) is 49.5 Å². The summed E-state index contributed by atoms with van der Waals surface area (Å²) in [6.07, 6.45) is 20.5. The first-order chi connectivity index (χ1) is 31.2. The lowest BCUT2D eigenvalue weighted by Crippen LogP contribution is -2.56. The molecule has 12 heteroatoms. The summed E-state index contributed by atoms with van der Waals surface area (Å²) in [5.74, 6) is -3.29. The highest BCUT2D eigenvalue weighted by atomic mass is 16.7. The zero-order valence-electron chi connectivity index (χ0n) is 42.1. The average molecular weight is 928 g/mol. The summed E-state index contributed by atoms with van der Waals surface area (Å²) < 4.78 is 11.5. The largest absolute Gasteiger partial charge is 0.481 e. The summed E-state index contributed by atoms with van der Waals surface area (Å²) in [5.41, 5.74) is 3.54. The Kier molecular flexibility index (Phi) is 24.9. The van der Waals surface area contributed by atoms with Gasteiger partial charge in [-0.1, -0.05) is 89.5 Å². The molecular formula is C54H89NO11. The van der Waals surface area contributed by atoms with Crippen molar-refractivity contribution in [3.05, 3.63) is 59.3 Å². The highest BCUT2D eigenvalue weighted by Crippen LogP contribution is 2.43. The molecule has 0 aromatic heterocycles. The lowest BCUT2D eigenvalue weighted by Gasteiger charge is -2.38. The van der Waals surface area contributed by atoms with Gasteiger partial charge in [-0.3, -0.25) is 14.4 Å². The van der Waals surface area contributed by atoms with E-state index in [1.165, 1.54) is 7.11 Å². The molecule has 0 aromatic rings. The maximum absolute atomic E-state index is 14.1. The molecule has 0 aromatic carbocycles. The first kappa shape index (κ1) is 57.5. The first-order valence-corrected chi connectivity index (χ1v) is 25.0. The Labute approximate surface area is 397 Å². The molecule has 15 atom stereocenters. The van der Waals surface area contributed by atoms with Gasteiger partial charge >= 0.3 is 5.97 Å². The van der Waals surface area contributed by atoms with Gasteiger partial charge in [-0.25, -0.2) is 0 Å². The highest BCUT2D eigenvalue weighted by Gasteiger charge is 2.43. The van der Waals surface area contributed by atoms with Crippen LogP contribution in [0.15, 0.2) is 59.3 Å². The number of carbonyl (C=O) groups excluding carboxylic acids is 2. The van der Waals surface area contributed by atoms with E-state index >= 15 is 0 Å². The van der Waals surface area contributed by atoms with E-state index in [0.29, 0.717) is 50.5 Å². The Morgan fingerprint density at radius 2 is 1.52 bits per heavy atom.